The van der Waals surface area contributed by atoms with Crippen LogP contribution in [0.2, 0.25) is 0 Å². The van der Waals surface area contributed by atoms with Gasteiger partial charge < -0.3 is 0 Å². The van der Waals surface area contributed by atoms with E-state index in [0.29, 0.717) is 6.42 Å². The molecule has 27 heavy (non-hydrogen) atoms. The van der Waals surface area contributed by atoms with Crippen LogP contribution in [-0.4, -0.2) is 11.4 Å². The molecule has 0 amide bonds. The molecule has 0 fully saturated rings. The molecule has 3 aromatic rings. The van der Waals surface area contributed by atoms with Gasteiger partial charge in [0.2, 0.25) is 0 Å². The van der Waals surface area contributed by atoms with Gasteiger partial charge in [-0.3, -0.25) is 0 Å². The summed E-state index contributed by atoms with van der Waals surface area (Å²) in [4.78, 5) is 11.1. The van der Waals surface area contributed by atoms with Crippen LogP contribution in [0.5, 0.6) is 0 Å². The van der Waals surface area contributed by atoms with Crippen molar-refractivity contribution in [1.82, 2.24) is 0 Å². The number of hydrogen-bond donors (Lipinski definition) is 0. The number of rotatable bonds is 5. The molecule has 0 bridgehead atoms. The van der Waals surface area contributed by atoms with Crippen LogP contribution in [0, 0.1) is 12.3 Å². The lowest BCUT2D eigenvalue weighted by Gasteiger charge is -2.27. The summed E-state index contributed by atoms with van der Waals surface area (Å²) in [5.74, 6) is 4.51. The molecule has 0 aromatic heterocycles. The monoisotopic (exact) mass is 366 g/mol. The maximum atomic E-state index is 11.1. The minimum absolute atomic E-state index is 0.661. The van der Waals surface area contributed by atoms with Gasteiger partial charge in [0.1, 0.15) is 0 Å². The van der Waals surface area contributed by atoms with Gasteiger partial charge in [0.15, 0.2) is 5.94 Å². The first-order valence-corrected chi connectivity index (χ1v) is 10.5. The number of aryl methyl sites for hydroxylation is 1. The number of hydrogen-bond acceptors (Lipinski definition) is 1. The second-order valence-electron chi connectivity index (χ2n) is 6.01. The maximum Gasteiger partial charge on any atom is 0.185 e. The van der Waals surface area contributed by atoms with Crippen molar-refractivity contribution in [2.24, 2.45) is 0 Å². The molecule has 0 spiro atoms. The highest BCUT2D eigenvalue weighted by Crippen LogP contribution is 2.43. The second-order valence-corrected chi connectivity index (χ2v) is 9.09. The Balaban J connectivity index is 2.49. The molecule has 0 heterocycles. The Morgan fingerprint density at radius 1 is 0.778 bits per heavy atom. The predicted octanol–water partition coefficient (Wildman–Crippen LogP) is 3.49. The third kappa shape index (κ3) is 3.82. The fourth-order valence-corrected chi connectivity index (χ4v) is 6.89. The molecule has 1 nitrogen and oxygen atoms in total. The summed E-state index contributed by atoms with van der Waals surface area (Å²) >= 11 is 0. The lowest BCUT2D eigenvalue weighted by molar-refractivity contribution is 0.569. The summed E-state index contributed by atoms with van der Waals surface area (Å²) in [7, 11) is 0. The SMILES string of the molecule is C#CCCc1ccccc1P(=C=C=C=O)(c1ccccc1)c1ccccc1. The molecular formula is C25H19OP. The summed E-state index contributed by atoms with van der Waals surface area (Å²) < 4.78 is 0. The van der Waals surface area contributed by atoms with Gasteiger partial charge in [-0.15, -0.1) is 12.3 Å². The van der Waals surface area contributed by atoms with Gasteiger partial charge >= 0.3 is 0 Å². The quantitative estimate of drug-likeness (QED) is 0.292. The van der Waals surface area contributed by atoms with E-state index in [1.807, 2.05) is 48.5 Å². The largest absolute Gasteiger partial charge is 0.223 e. The normalized spacial score (nSPS) is 10.2. The van der Waals surface area contributed by atoms with E-state index < -0.39 is 6.89 Å². The first-order valence-electron chi connectivity index (χ1n) is 8.74. The van der Waals surface area contributed by atoms with Gasteiger partial charge in [0, 0.05) is 19.0 Å². The van der Waals surface area contributed by atoms with E-state index >= 15 is 0 Å². The van der Waals surface area contributed by atoms with E-state index in [1.165, 1.54) is 5.56 Å². The topological polar surface area (TPSA) is 17.1 Å². The average Bonchev–Trinajstić information content (AvgIpc) is 2.75. The Morgan fingerprint density at radius 3 is 1.89 bits per heavy atom. The standard InChI is InChI=1S/C25H19OP/c1-2-3-13-22-14-10-11-19-25(22)27(21-12-20-26,23-15-6-4-7-16-23)24-17-8-5-9-18-24/h1,4-11,14-19H,3,13H2. The van der Waals surface area contributed by atoms with Gasteiger partial charge in [-0.05, 0) is 27.9 Å². The fourth-order valence-electron chi connectivity index (χ4n) is 3.28. The van der Waals surface area contributed by atoms with E-state index in [9.17, 15) is 4.79 Å². The van der Waals surface area contributed by atoms with Gasteiger partial charge in [-0.2, -0.15) is 0 Å². The van der Waals surface area contributed by atoms with Crippen LogP contribution in [0.25, 0.3) is 0 Å². The van der Waals surface area contributed by atoms with Crippen LogP contribution in [-0.2, 0) is 11.2 Å². The molecule has 0 N–H and O–H groups in total. The molecular weight excluding hydrogens is 347 g/mol. The minimum Gasteiger partial charge on any atom is -0.223 e. The predicted molar refractivity (Wildman–Crippen MR) is 117 cm³/mol. The number of carbonyl (C=O) groups excluding carboxylic acids is 1. The summed E-state index contributed by atoms with van der Waals surface area (Å²) in [6.07, 6.45) is 6.96. The second kappa shape index (κ2) is 8.94. The highest BCUT2D eigenvalue weighted by atomic mass is 31.2. The third-order valence-electron chi connectivity index (χ3n) is 4.45. The zero-order valence-corrected chi connectivity index (χ0v) is 15.8. The zero-order chi connectivity index (χ0) is 19.0. The van der Waals surface area contributed by atoms with Crippen molar-refractivity contribution in [2.75, 3.05) is 0 Å². The molecule has 3 rings (SSSR count). The molecule has 0 unspecified atom stereocenters. The zero-order valence-electron chi connectivity index (χ0n) is 14.9. The Bertz CT molecular complexity index is 1060. The number of terminal acetylenes is 1. The van der Waals surface area contributed by atoms with Gasteiger partial charge in [-0.25, -0.2) is 4.79 Å². The van der Waals surface area contributed by atoms with Crippen molar-refractivity contribution in [1.29, 1.82) is 0 Å². The molecule has 0 saturated carbocycles. The third-order valence-corrected chi connectivity index (χ3v) is 8.20. The highest BCUT2D eigenvalue weighted by molar-refractivity contribution is 7.94. The van der Waals surface area contributed by atoms with E-state index in [0.717, 1.165) is 22.3 Å². The van der Waals surface area contributed by atoms with Crippen LogP contribution < -0.4 is 15.9 Å². The molecule has 0 aliphatic heterocycles. The van der Waals surface area contributed by atoms with Crippen molar-refractivity contribution in [2.45, 2.75) is 12.8 Å². The molecule has 130 valence electrons. The van der Waals surface area contributed by atoms with E-state index in [2.05, 4.69) is 53.5 Å². The lowest BCUT2D eigenvalue weighted by atomic mass is 10.1. The Hall–Kier alpha value is -3.21. The van der Waals surface area contributed by atoms with E-state index in [1.54, 1.807) is 5.94 Å². The van der Waals surface area contributed by atoms with E-state index in [4.69, 9.17) is 6.42 Å². The molecule has 3 aromatic carbocycles. The smallest absolute Gasteiger partial charge is 0.185 e. The number of benzene rings is 3. The molecule has 0 aliphatic carbocycles. The summed E-state index contributed by atoms with van der Waals surface area (Å²) in [6.45, 7) is -2.34. The van der Waals surface area contributed by atoms with Crippen molar-refractivity contribution in [3.8, 4) is 12.3 Å². The van der Waals surface area contributed by atoms with Crippen molar-refractivity contribution in [3.63, 3.8) is 0 Å². The average molecular weight is 366 g/mol. The molecule has 0 radical (unpaired) electrons. The van der Waals surface area contributed by atoms with Crippen LogP contribution >= 0.6 is 6.89 Å². The molecule has 2 heteroatoms. The van der Waals surface area contributed by atoms with Crippen LogP contribution in [0.15, 0.2) is 90.7 Å². The Morgan fingerprint density at radius 2 is 1.33 bits per heavy atom. The fraction of sp³-hybridized carbons (Fsp3) is 0.0800. The van der Waals surface area contributed by atoms with Crippen LogP contribution in [0.1, 0.15) is 12.0 Å². The van der Waals surface area contributed by atoms with Crippen molar-refractivity contribution < 1.29 is 4.79 Å². The molecule has 0 atom stereocenters. The molecule has 0 saturated heterocycles. The minimum atomic E-state index is -2.34. The Labute approximate surface area is 160 Å². The maximum absolute atomic E-state index is 11.1. The molecule has 0 aliphatic rings. The van der Waals surface area contributed by atoms with E-state index in [-0.39, 0.29) is 0 Å². The summed E-state index contributed by atoms with van der Waals surface area (Å²) in [6, 6.07) is 28.7. The van der Waals surface area contributed by atoms with Gasteiger partial charge in [-0.1, -0.05) is 90.4 Å². The van der Waals surface area contributed by atoms with Crippen molar-refractivity contribution in [3.05, 3.63) is 96.2 Å². The van der Waals surface area contributed by atoms with Gasteiger partial charge in [0.05, 0.1) is 0 Å². The first-order chi connectivity index (χ1) is 13.3. The summed E-state index contributed by atoms with van der Waals surface area (Å²) in [5.41, 5.74) is 7.13. The summed E-state index contributed by atoms with van der Waals surface area (Å²) in [5, 5.41) is 3.39. The highest BCUT2D eigenvalue weighted by Gasteiger charge is 2.27. The van der Waals surface area contributed by atoms with Crippen molar-refractivity contribution >= 4 is 34.2 Å². The first kappa shape index (κ1) is 18.6. The van der Waals surface area contributed by atoms with Crippen LogP contribution in [0.4, 0.5) is 0 Å². The Kier molecular flexibility index (Phi) is 6.15. The lowest BCUT2D eigenvalue weighted by Crippen LogP contribution is -2.28. The van der Waals surface area contributed by atoms with Crippen LogP contribution in [0.3, 0.4) is 0 Å². The van der Waals surface area contributed by atoms with Gasteiger partial charge in [0.25, 0.3) is 0 Å².